The Labute approximate surface area is 120 Å². The van der Waals surface area contributed by atoms with Crippen LogP contribution in [0.5, 0.6) is 0 Å². The van der Waals surface area contributed by atoms with Crippen molar-refractivity contribution in [2.45, 2.75) is 18.4 Å². The minimum Gasteiger partial charge on any atom is -0.393 e. The zero-order chi connectivity index (χ0) is 14.2. The van der Waals surface area contributed by atoms with Gasteiger partial charge in [0.05, 0.1) is 28.9 Å². The number of benzene rings is 1. The molecule has 0 unspecified atom stereocenters. The molecule has 2 heterocycles. The third-order valence-electron chi connectivity index (χ3n) is 3.72. The summed E-state index contributed by atoms with van der Waals surface area (Å²) in [5.74, 6) is -0.105. The Kier molecular flexibility index (Phi) is 3.45. The van der Waals surface area contributed by atoms with Gasteiger partial charge in [0.15, 0.2) is 0 Å². The number of aliphatic hydroxyl groups is 2. The molecule has 0 radical (unpaired) electrons. The molecule has 3 rings (SSSR count). The second-order valence-corrected chi connectivity index (χ2v) is 6.13. The molecule has 1 saturated heterocycles. The first-order valence-corrected chi connectivity index (χ1v) is 7.45. The maximum atomic E-state index is 12.5. The van der Waals surface area contributed by atoms with E-state index in [1.54, 1.807) is 16.5 Å². The van der Waals surface area contributed by atoms with E-state index in [0.29, 0.717) is 24.9 Å². The van der Waals surface area contributed by atoms with Crippen molar-refractivity contribution in [3.05, 3.63) is 29.3 Å². The van der Waals surface area contributed by atoms with Crippen molar-refractivity contribution in [2.24, 2.45) is 0 Å². The van der Waals surface area contributed by atoms with Gasteiger partial charge < -0.3 is 15.1 Å². The molecule has 1 atom stereocenters. The molecule has 0 spiro atoms. The van der Waals surface area contributed by atoms with Gasteiger partial charge in [-0.25, -0.2) is 4.98 Å². The quantitative estimate of drug-likeness (QED) is 0.874. The summed E-state index contributed by atoms with van der Waals surface area (Å²) in [4.78, 5) is 18.3. The lowest BCUT2D eigenvalue weighted by molar-refractivity contribution is -0.0598. The van der Waals surface area contributed by atoms with E-state index in [4.69, 9.17) is 0 Å². The van der Waals surface area contributed by atoms with E-state index in [0.717, 1.165) is 10.2 Å². The monoisotopic (exact) mass is 292 g/mol. The first-order valence-electron chi connectivity index (χ1n) is 6.57. The Hall–Kier alpha value is -1.50. The molecule has 2 N–H and O–H groups in total. The Balaban J connectivity index is 1.84. The van der Waals surface area contributed by atoms with Crippen molar-refractivity contribution >= 4 is 27.5 Å². The molecule has 5 nitrogen and oxygen atoms in total. The average Bonchev–Trinajstić information content (AvgIpc) is 2.94. The van der Waals surface area contributed by atoms with E-state index in [-0.39, 0.29) is 19.1 Å². The zero-order valence-electron chi connectivity index (χ0n) is 11.0. The molecule has 0 saturated carbocycles. The molecule has 1 amide bonds. The summed E-state index contributed by atoms with van der Waals surface area (Å²) in [6.07, 6.45) is 1.23. The fourth-order valence-electron chi connectivity index (χ4n) is 2.59. The number of hydrogen-bond acceptors (Lipinski definition) is 5. The molecule has 1 aliphatic heterocycles. The summed E-state index contributed by atoms with van der Waals surface area (Å²) in [7, 11) is 0. The number of carbonyl (C=O) groups excluding carboxylic acids is 1. The minimum absolute atomic E-state index is 0.105. The predicted molar refractivity (Wildman–Crippen MR) is 76.8 cm³/mol. The molecule has 20 heavy (non-hydrogen) atoms. The number of fused-ring (bicyclic) bond motifs is 1. The van der Waals surface area contributed by atoms with E-state index in [1.807, 2.05) is 12.1 Å². The number of amides is 1. The largest absolute Gasteiger partial charge is 0.393 e. The minimum atomic E-state index is -1.16. The molecule has 106 valence electrons. The average molecular weight is 292 g/mol. The first kappa shape index (κ1) is 13.5. The van der Waals surface area contributed by atoms with Crippen LogP contribution in [0.15, 0.2) is 23.7 Å². The van der Waals surface area contributed by atoms with E-state index in [2.05, 4.69) is 4.98 Å². The highest BCUT2D eigenvalue weighted by molar-refractivity contribution is 7.16. The maximum absolute atomic E-state index is 12.5. The van der Waals surface area contributed by atoms with Crippen LogP contribution in [0, 0.1) is 0 Å². The van der Waals surface area contributed by atoms with Crippen molar-refractivity contribution in [3.63, 3.8) is 0 Å². The zero-order valence-corrected chi connectivity index (χ0v) is 11.8. The van der Waals surface area contributed by atoms with Crippen LogP contribution in [-0.2, 0) is 0 Å². The summed E-state index contributed by atoms with van der Waals surface area (Å²) in [6, 6.07) is 5.43. The highest BCUT2D eigenvalue weighted by atomic mass is 32.1. The van der Waals surface area contributed by atoms with Crippen LogP contribution in [0.4, 0.5) is 0 Å². The Morgan fingerprint density at radius 2 is 2.35 bits per heavy atom. The number of aromatic nitrogens is 1. The van der Waals surface area contributed by atoms with Crippen molar-refractivity contribution in [2.75, 3.05) is 19.7 Å². The van der Waals surface area contributed by atoms with Crippen LogP contribution >= 0.6 is 11.3 Å². The molecule has 0 bridgehead atoms. The lowest BCUT2D eigenvalue weighted by atomic mass is 9.93. The van der Waals surface area contributed by atoms with Gasteiger partial charge in [-0.15, -0.1) is 11.3 Å². The molecule has 1 aliphatic rings. The number of aliphatic hydroxyl groups excluding tert-OH is 1. The molecule has 1 aromatic heterocycles. The van der Waals surface area contributed by atoms with Gasteiger partial charge in [-0.3, -0.25) is 4.79 Å². The van der Waals surface area contributed by atoms with Crippen LogP contribution in [-0.4, -0.2) is 51.3 Å². The number of nitrogens with zero attached hydrogens (tertiary/aromatic N) is 2. The van der Waals surface area contributed by atoms with E-state index in [9.17, 15) is 15.0 Å². The van der Waals surface area contributed by atoms with Gasteiger partial charge >= 0.3 is 0 Å². The number of carbonyl (C=O) groups is 1. The van der Waals surface area contributed by atoms with Gasteiger partial charge in [0.1, 0.15) is 5.60 Å². The van der Waals surface area contributed by atoms with Gasteiger partial charge in [-0.1, -0.05) is 0 Å². The molecule has 0 aliphatic carbocycles. The number of thiazole rings is 1. The van der Waals surface area contributed by atoms with Crippen molar-refractivity contribution in [1.82, 2.24) is 9.88 Å². The van der Waals surface area contributed by atoms with Crippen molar-refractivity contribution in [3.8, 4) is 0 Å². The Bertz CT molecular complexity index is 642. The summed E-state index contributed by atoms with van der Waals surface area (Å²) >= 11 is 1.50. The molecule has 1 fully saturated rings. The summed E-state index contributed by atoms with van der Waals surface area (Å²) < 4.78 is 0.977. The lowest BCUT2D eigenvalue weighted by Gasteiger charge is -2.38. The van der Waals surface area contributed by atoms with Gasteiger partial charge in [-0.05, 0) is 31.0 Å². The molecular formula is C14H16N2O3S. The summed E-state index contributed by atoms with van der Waals surface area (Å²) in [5.41, 5.74) is 2.08. The number of hydrogen-bond donors (Lipinski definition) is 2. The third kappa shape index (κ3) is 2.42. The van der Waals surface area contributed by atoms with Crippen LogP contribution in [0.25, 0.3) is 10.2 Å². The highest BCUT2D eigenvalue weighted by Gasteiger charge is 2.34. The predicted octanol–water partition coefficient (Wildman–Crippen LogP) is 1.26. The summed E-state index contributed by atoms with van der Waals surface area (Å²) in [6.45, 7) is 0.482. The maximum Gasteiger partial charge on any atom is 0.254 e. The van der Waals surface area contributed by atoms with Crippen LogP contribution in [0.1, 0.15) is 23.2 Å². The standard InChI is InChI=1S/C14H16N2O3S/c17-8-14(19)4-1-5-16(7-14)13(18)10-2-3-11-12(6-10)20-9-15-11/h2-3,6,9,17,19H,1,4-5,7-8H2/t14-/m1/s1. The van der Waals surface area contributed by atoms with Gasteiger partial charge in [0.25, 0.3) is 5.91 Å². The summed E-state index contributed by atoms with van der Waals surface area (Å²) in [5, 5.41) is 19.4. The van der Waals surface area contributed by atoms with Gasteiger partial charge in [0, 0.05) is 12.1 Å². The molecule has 2 aromatic rings. The third-order valence-corrected chi connectivity index (χ3v) is 4.51. The lowest BCUT2D eigenvalue weighted by Crippen LogP contribution is -2.52. The fourth-order valence-corrected chi connectivity index (χ4v) is 3.30. The second-order valence-electron chi connectivity index (χ2n) is 5.25. The number of likely N-dealkylation sites (tertiary alicyclic amines) is 1. The Morgan fingerprint density at radius 1 is 1.50 bits per heavy atom. The highest BCUT2D eigenvalue weighted by Crippen LogP contribution is 2.24. The fraction of sp³-hybridized carbons (Fsp3) is 0.429. The van der Waals surface area contributed by atoms with Gasteiger partial charge in [0.2, 0.25) is 0 Å². The van der Waals surface area contributed by atoms with E-state index in [1.165, 1.54) is 11.3 Å². The smallest absolute Gasteiger partial charge is 0.254 e. The van der Waals surface area contributed by atoms with E-state index < -0.39 is 5.60 Å². The SMILES string of the molecule is O=C(c1ccc2ncsc2c1)N1CCC[C@](O)(CO)C1. The molecular weight excluding hydrogens is 276 g/mol. The number of piperidine rings is 1. The van der Waals surface area contributed by atoms with Crippen molar-refractivity contribution in [1.29, 1.82) is 0 Å². The first-order chi connectivity index (χ1) is 9.61. The molecule has 1 aromatic carbocycles. The number of β-amino-alcohol motifs (C(OH)–C–C–N with tert-alkyl or cyclic N) is 1. The van der Waals surface area contributed by atoms with Crippen LogP contribution < -0.4 is 0 Å². The normalized spacial score (nSPS) is 23.2. The second kappa shape index (κ2) is 5.12. The van der Waals surface area contributed by atoms with Crippen molar-refractivity contribution < 1.29 is 15.0 Å². The van der Waals surface area contributed by atoms with Crippen LogP contribution in [0.2, 0.25) is 0 Å². The topological polar surface area (TPSA) is 73.7 Å². The van der Waals surface area contributed by atoms with E-state index >= 15 is 0 Å². The van der Waals surface area contributed by atoms with Crippen LogP contribution in [0.3, 0.4) is 0 Å². The van der Waals surface area contributed by atoms with Gasteiger partial charge in [-0.2, -0.15) is 0 Å². The number of rotatable bonds is 2. The Morgan fingerprint density at radius 3 is 3.15 bits per heavy atom. The molecule has 6 heteroatoms.